The van der Waals surface area contributed by atoms with Crippen LogP contribution < -0.4 is 10.6 Å². The van der Waals surface area contributed by atoms with Crippen molar-refractivity contribution >= 4 is 11.4 Å². The molecule has 15 heavy (non-hydrogen) atoms. The fraction of sp³-hybridized carbons (Fsp3) is 0.538. The van der Waals surface area contributed by atoms with Gasteiger partial charge in [-0.1, -0.05) is 13.0 Å². The first-order valence-corrected chi connectivity index (χ1v) is 5.78. The molecule has 1 unspecified atom stereocenters. The molecular formula is C13H20N2. The van der Waals surface area contributed by atoms with Crippen molar-refractivity contribution in [1.82, 2.24) is 0 Å². The minimum Gasteiger partial charge on any atom is -0.397 e. The van der Waals surface area contributed by atoms with Crippen LogP contribution in [-0.2, 0) is 0 Å². The van der Waals surface area contributed by atoms with Crippen molar-refractivity contribution in [2.45, 2.75) is 26.7 Å². The first-order valence-electron chi connectivity index (χ1n) is 5.78. The van der Waals surface area contributed by atoms with Gasteiger partial charge < -0.3 is 10.6 Å². The summed E-state index contributed by atoms with van der Waals surface area (Å²) in [6.45, 7) is 6.69. The van der Waals surface area contributed by atoms with Crippen molar-refractivity contribution in [2.75, 3.05) is 23.7 Å². The van der Waals surface area contributed by atoms with E-state index < -0.39 is 0 Å². The van der Waals surface area contributed by atoms with Crippen LogP contribution in [0, 0.1) is 12.8 Å². The number of nitrogens with two attached hydrogens (primary N) is 1. The van der Waals surface area contributed by atoms with Crippen molar-refractivity contribution < 1.29 is 0 Å². The molecule has 1 aliphatic rings. The van der Waals surface area contributed by atoms with E-state index in [2.05, 4.69) is 36.9 Å². The van der Waals surface area contributed by atoms with Crippen molar-refractivity contribution in [1.29, 1.82) is 0 Å². The second kappa shape index (κ2) is 4.13. The molecule has 0 saturated carbocycles. The van der Waals surface area contributed by atoms with E-state index in [0.717, 1.165) is 24.7 Å². The third kappa shape index (κ3) is 2.25. The number of anilines is 2. The summed E-state index contributed by atoms with van der Waals surface area (Å²) >= 11 is 0. The lowest BCUT2D eigenvalue weighted by molar-refractivity contribution is 0.447. The smallest absolute Gasteiger partial charge is 0.0600 e. The Balaban J connectivity index is 2.21. The van der Waals surface area contributed by atoms with Crippen LogP contribution in [0.15, 0.2) is 18.2 Å². The molecule has 1 aromatic rings. The Bertz CT molecular complexity index is 346. The lowest BCUT2D eigenvalue weighted by Gasteiger charge is -2.33. The Kier molecular flexibility index (Phi) is 2.85. The Morgan fingerprint density at radius 3 is 2.87 bits per heavy atom. The maximum atomic E-state index is 6.06. The van der Waals surface area contributed by atoms with Gasteiger partial charge in [-0.05, 0) is 43.4 Å². The minimum absolute atomic E-state index is 0.791. The van der Waals surface area contributed by atoms with Crippen molar-refractivity contribution in [3.05, 3.63) is 23.8 Å². The molecule has 1 heterocycles. The monoisotopic (exact) mass is 204 g/mol. The molecular weight excluding hydrogens is 184 g/mol. The number of nitrogen functional groups attached to an aromatic ring is 1. The average Bonchev–Trinajstić information content (AvgIpc) is 2.17. The SMILES string of the molecule is Cc1ccc(N2CCCC(C)C2)c(N)c1. The second-order valence-corrected chi connectivity index (χ2v) is 4.76. The van der Waals surface area contributed by atoms with Crippen LogP contribution in [0.1, 0.15) is 25.3 Å². The van der Waals surface area contributed by atoms with E-state index in [1.807, 2.05) is 0 Å². The predicted octanol–water partition coefficient (Wildman–Crippen LogP) is 2.81. The number of aryl methyl sites for hydroxylation is 1. The molecule has 0 amide bonds. The summed E-state index contributed by atoms with van der Waals surface area (Å²) < 4.78 is 0. The number of piperidine rings is 1. The summed E-state index contributed by atoms with van der Waals surface area (Å²) in [5.41, 5.74) is 9.43. The Morgan fingerprint density at radius 1 is 1.40 bits per heavy atom. The quantitative estimate of drug-likeness (QED) is 0.713. The minimum atomic E-state index is 0.791. The number of benzene rings is 1. The summed E-state index contributed by atoms with van der Waals surface area (Å²) in [6, 6.07) is 6.36. The molecule has 0 aliphatic carbocycles. The zero-order valence-electron chi connectivity index (χ0n) is 9.66. The molecule has 1 saturated heterocycles. The van der Waals surface area contributed by atoms with E-state index in [1.54, 1.807) is 0 Å². The summed E-state index contributed by atoms with van der Waals surface area (Å²) in [4.78, 5) is 2.42. The molecule has 1 aliphatic heterocycles. The number of hydrogen-bond donors (Lipinski definition) is 1. The standard InChI is InChI=1S/C13H20N2/c1-10-5-6-13(12(14)8-10)15-7-3-4-11(2)9-15/h5-6,8,11H,3-4,7,9,14H2,1-2H3. The lowest BCUT2D eigenvalue weighted by atomic mass is 9.99. The maximum absolute atomic E-state index is 6.06. The molecule has 2 N–H and O–H groups in total. The third-order valence-corrected chi connectivity index (χ3v) is 3.18. The van der Waals surface area contributed by atoms with E-state index in [-0.39, 0.29) is 0 Å². The Morgan fingerprint density at radius 2 is 2.20 bits per heavy atom. The first kappa shape index (κ1) is 10.3. The highest BCUT2D eigenvalue weighted by molar-refractivity contribution is 5.68. The molecule has 0 spiro atoms. The fourth-order valence-corrected chi connectivity index (χ4v) is 2.37. The molecule has 1 aromatic carbocycles. The van der Waals surface area contributed by atoms with Gasteiger partial charge in [-0.3, -0.25) is 0 Å². The Hall–Kier alpha value is -1.18. The van der Waals surface area contributed by atoms with Gasteiger partial charge in [-0.25, -0.2) is 0 Å². The average molecular weight is 204 g/mol. The molecule has 1 fully saturated rings. The number of hydrogen-bond acceptors (Lipinski definition) is 2. The fourth-order valence-electron chi connectivity index (χ4n) is 2.37. The van der Waals surface area contributed by atoms with E-state index in [9.17, 15) is 0 Å². The van der Waals surface area contributed by atoms with Gasteiger partial charge in [0.15, 0.2) is 0 Å². The van der Waals surface area contributed by atoms with Gasteiger partial charge in [0.25, 0.3) is 0 Å². The van der Waals surface area contributed by atoms with E-state index >= 15 is 0 Å². The van der Waals surface area contributed by atoms with Gasteiger partial charge in [0, 0.05) is 13.1 Å². The summed E-state index contributed by atoms with van der Waals surface area (Å²) in [7, 11) is 0. The van der Waals surface area contributed by atoms with Crippen LogP contribution in [0.5, 0.6) is 0 Å². The molecule has 0 radical (unpaired) electrons. The van der Waals surface area contributed by atoms with Crippen LogP contribution in [0.3, 0.4) is 0 Å². The van der Waals surface area contributed by atoms with Gasteiger partial charge in [0.2, 0.25) is 0 Å². The van der Waals surface area contributed by atoms with Crippen molar-refractivity contribution in [2.24, 2.45) is 5.92 Å². The summed E-state index contributed by atoms with van der Waals surface area (Å²) in [6.07, 6.45) is 2.64. The van der Waals surface area contributed by atoms with E-state index in [0.29, 0.717) is 0 Å². The molecule has 0 bridgehead atoms. The maximum Gasteiger partial charge on any atom is 0.0600 e. The topological polar surface area (TPSA) is 29.3 Å². The second-order valence-electron chi connectivity index (χ2n) is 4.76. The van der Waals surface area contributed by atoms with Crippen LogP contribution >= 0.6 is 0 Å². The molecule has 2 rings (SSSR count). The zero-order chi connectivity index (χ0) is 10.8. The number of rotatable bonds is 1. The van der Waals surface area contributed by atoms with E-state index in [4.69, 9.17) is 5.73 Å². The van der Waals surface area contributed by atoms with Crippen molar-refractivity contribution in [3.63, 3.8) is 0 Å². The third-order valence-electron chi connectivity index (χ3n) is 3.18. The molecule has 0 aromatic heterocycles. The first-order chi connectivity index (χ1) is 7.16. The van der Waals surface area contributed by atoms with Gasteiger partial charge in [0.1, 0.15) is 0 Å². The summed E-state index contributed by atoms with van der Waals surface area (Å²) in [5, 5.41) is 0. The predicted molar refractivity (Wildman–Crippen MR) is 66.2 cm³/mol. The highest BCUT2D eigenvalue weighted by atomic mass is 15.1. The van der Waals surface area contributed by atoms with Crippen LogP contribution in [0.25, 0.3) is 0 Å². The molecule has 2 nitrogen and oxygen atoms in total. The normalized spacial score (nSPS) is 21.7. The van der Waals surface area contributed by atoms with Gasteiger partial charge in [-0.2, -0.15) is 0 Å². The van der Waals surface area contributed by atoms with Crippen LogP contribution in [-0.4, -0.2) is 13.1 Å². The van der Waals surface area contributed by atoms with Crippen LogP contribution in [0.2, 0.25) is 0 Å². The highest BCUT2D eigenvalue weighted by Crippen LogP contribution is 2.28. The van der Waals surface area contributed by atoms with Crippen molar-refractivity contribution in [3.8, 4) is 0 Å². The highest BCUT2D eigenvalue weighted by Gasteiger charge is 2.17. The van der Waals surface area contributed by atoms with Gasteiger partial charge >= 0.3 is 0 Å². The van der Waals surface area contributed by atoms with Crippen LogP contribution in [0.4, 0.5) is 11.4 Å². The molecule has 1 atom stereocenters. The molecule has 82 valence electrons. The summed E-state index contributed by atoms with van der Waals surface area (Å²) in [5.74, 6) is 0.791. The molecule has 2 heteroatoms. The largest absolute Gasteiger partial charge is 0.397 e. The zero-order valence-corrected chi connectivity index (χ0v) is 9.66. The number of nitrogens with zero attached hydrogens (tertiary/aromatic N) is 1. The van der Waals surface area contributed by atoms with Gasteiger partial charge in [0.05, 0.1) is 11.4 Å². The van der Waals surface area contributed by atoms with Gasteiger partial charge in [-0.15, -0.1) is 0 Å². The Labute approximate surface area is 92.1 Å². The van der Waals surface area contributed by atoms with E-state index in [1.165, 1.54) is 24.1 Å². The lowest BCUT2D eigenvalue weighted by Crippen LogP contribution is -2.34.